The Bertz CT molecular complexity index is 436. The zero-order chi connectivity index (χ0) is 13.8. The maximum atomic E-state index is 11.0. The summed E-state index contributed by atoms with van der Waals surface area (Å²) in [7, 11) is 3.93. The monoisotopic (exact) mass is 266 g/mol. The van der Waals surface area contributed by atoms with E-state index in [0.717, 1.165) is 25.3 Å². The molecule has 0 unspecified atom stereocenters. The van der Waals surface area contributed by atoms with Gasteiger partial charge < -0.3 is 15.3 Å². The number of nitrogens with one attached hydrogen (secondary N) is 1. The first-order valence-electron chi connectivity index (χ1n) is 6.71. The smallest absolute Gasteiger partial charge is 0.339 e. The van der Waals surface area contributed by atoms with E-state index < -0.39 is 5.97 Å². The fourth-order valence-electron chi connectivity index (χ4n) is 2.51. The standard InChI is InChI=1S/C13H22N4O2/c1-16-5-3-10(4-6-16)7-14-9-12-11(13(18)19)8-15-17(12)2/h8,10,14H,3-7,9H2,1-2H3,(H,18,19). The Balaban J connectivity index is 1.82. The van der Waals surface area contributed by atoms with Crippen molar-refractivity contribution in [3.05, 3.63) is 17.5 Å². The maximum absolute atomic E-state index is 11.0. The zero-order valence-electron chi connectivity index (χ0n) is 11.6. The molecule has 2 rings (SSSR count). The van der Waals surface area contributed by atoms with Gasteiger partial charge in [-0.05, 0) is 45.4 Å². The lowest BCUT2D eigenvalue weighted by Crippen LogP contribution is -2.35. The van der Waals surface area contributed by atoms with Crippen LogP contribution in [0.25, 0.3) is 0 Å². The second kappa shape index (κ2) is 6.16. The minimum Gasteiger partial charge on any atom is -0.478 e. The SMILES string of the molecule is CN1CCC(CNCc2c(C(=O)O)cnn2C)CC1. The van der Waals surface area contributed by atoms with Crippen LogP contribution in [0, 0.1) is 5.92 Å². The first-order valence-corrected chi connectivity index (χ1v) is 6.71. The quantitative estimate of drug-likeness (QED) is 0.814. The van der Waals surface area contributed by atoms with Gasteiger partial charge in [0.1, 0.15) is 5.56 Å². The van der Waals surface area contributed by atoms with Gasteiger partial charge in [0.25, 0.3) is 0 Å². The number of rotatable bonds is 5. The summed E-state index contributed by atoms with van der Waals surface area (Å²) in [5.74, 6) is -0.220. The highest BCUT2D eigenvalue weighted by Crippen LogP contribution is 2.15. The van der Waals surface area contributed by atoms with Gasteiger partial charge in [-0.15, -0.1) is 0 Å². The highest BCUT2D eigenvalue weighted by Gasteiger charge is 2.18. The molecule has 1 saturated heterocycles. The van der Waals surface area contributed by atoms with E-state index in [1.807, 2.05) is 0 Å². The Hall–Kier alpha value is -1.40. The summed E-state index contributed by atoms with van der Waals surface area (Å²) in [5, 5.41) is 16.4. The van der Waals surface area contributed by atoms with Gasteiger partial charge in [-0.3, -0.25) is 4.68 Å². The third kappa shape index (κ3) is 3.54. The molecule has 0 spiro atoms. The van der Waals surface area contributed by atoms with Crippen LogP contribution in [0.15, 0.2) is 6.20 Å². The molecule has 1 aromatic rings. The highest BCUT2D eigenvalue weighted by atomic mass is 16.4. The molecule has 106 valence electrons. The third-order valence-corrected chi connectivity index (χ3v) is 3.86. The van der Waals surface area contributed by atoms with E-state index in [9.17, 15) is 4.79 Å². The van der Waals surface area contributed by atoms with Crippen LogP contribution in [0.5, 0.6) is 0 Å². The molecule has 1 aliphatic rings. The largest absolute Gasteiger partial charge is 0.478 e. The molecule has 0 atom stereocenters. The van der Waals surface area contributed by atoms with Gasteiger partial charge in [0.15, 0.2) is 0 Å². The van der Waals surface area contributed by atoms with Gasteiger partial charge in [0, 0.05) is 13.6 Å². The summed E-state index contributed by atoms with van der Waals surface area (Å²) in [6, 6.07) is 0. The van der Waals surface area contributed by atoms with Crippen LogP contribution in [-0.4, -0.2) is 52.4 Å². The van der Waals surface area contributed by atoms with Crippen LogP contribution in [0.2, 0.25) is 0 Å². The summed E-state index contributed by atoms with van der Waals surface area (Å²) >= 11 is 0. The molecule has 1 aromatic heterocycles. The molecule has 0 saturated carbocycles. The number of carbonyl (C=O) groups is 1. The number of aromatic nitrogens is 2. The van der Waals surface area contributed by atoms with E-state index in [1.54, 1.807) is 11.7 Å². The number of nitrogens with zero attached hydrogens (tertiary/aromatic N) is 3. The molecule has 0 aliphatic carbocycles. The molecule has 6 nitrogen and oxygen atoms in total. The summed E-state index contributed by atoms with van der Waals surface area (Å²) in [4.78, 5) is 13.4. The van der Waals surface area contributed by atoms with Gasteiger partial charge in [-0.25, -0.2) is 4.79 Å². The van der Waals surface area contributed by atoms with Crippen molar-refractivity contribution in [1.29, 1.82) is 0 Å². The van der Waals surface area contributed by atoms with Gasteiger partial charge >= 0.3 is 5.97 Å². The van der Waals surface area contributed by atoms with E-state index >= 15 is 0 Å². The number of hydrogen-bond donors (Lipinski definition) is 2. The predicted molar refractivity (Wildman–Crippen MR) is 72.1 cm³/mol. The van der Waals surface area contributed by atoms with Crippen LogP contribution in [0.3, 0.4) is 0 Å². The van der Waals surface area contributed by atoms with E-state index in [1.165, 1.54) is 19.0 Å². The van der Waals surface area contributed by atoms with Crippen LogP contribution < -0.4 is 5.32 Å². The lowest BCUT2D eigenvalue weighted by atomic mass is 9.97. The average molecular weight is 266 g/mol. The van der Waals surface area contributed by atoms with E-state index in [4.69, 9.17) is 5.11 Å². The highest BCUT2D eigenvalue weighted by molar-refractivity contribution is 5.88. The first-order chi connectivity index (χ1) is 9.08. The predicted octanol–water partition coefficient (Wildman–Crippen LogP) is 0.550. The summed E-state index contributed by atoms with van der Waals surface area (Å²) in [6.07, 6.45) is 3.83. The number of carboxylic acids is 1. The zero-order valence-corrected chi connectivity index (χ0v) is 11.6. The van der Waals surface area contributed by atoms with Crippen molar-refractivity contribution in [1.82, 2.24) is 20.0 Å². The van der Waals surface area contributed by atoms with Crippen molar-refractivity contribution in [3.63, 3.8) is 0 Å². The molecular weight excluding hydrogens is 244 g/mol. The van der Waals surface area contributed by atoms with Crippen molar-refractivity contribution in [2.45, 2.75) is 19.4 Å². The Morgan fingerprint density at radius 1 is 1.47 bits per heavy atom. The molecular formula is C13H22N4O2. The Morgan fingerprint density at radius 2 is 2.16 bits per heavy atom. The maximum Gasteiger partial charge on any atom is 0.339 e. The van der Waals surface area contributed by atoms with Gasteiger partial charge in [-0.2, -0.15) is 5.10 Å². The Labute approximate surface area is 113 Å². The number of likely N-dealkylation sites (tertiary alicyclic amines) is 1. The number of piperidine rings is 1. The van der Waals surface area contributed by atoms with Crippen molar-refractivity contribution >= 4 is 5.97 Å². The van der Waals surface area contributed by atoms with E-state index in [2.05, 4.69) is 22.4 Å². The minimum atomic E-state index is -0.913. The molecule has 1 aliphatic heterocycles. The number of aryl methyl sites for hydroxylation is 1. The van der Waals surface area contributed by atoms with Crippen molar-refractivity contribution in [3.8, 4) is 0 Å². The molecule has 19 heavy (non-hydrogen) atoms. The number of aromatic carboxylic acids is 1. The van der Waals surface area contributed by atoms with Gasteiger partial charge in [-0.1, -0.05) is 0 Å². The third-order valence-electron chi connectivity index (χ3n) is 3.86. The number of hydrogen-bond acceptors (Lipinski definition) is 4. The minimum absolute atomic E-state index is 0.290. The molecule has 0 aromatic carbocycles. The molecule has 6 heteroatoms. The van der Waals surface area contributed by atoms with Gasteiger partial charge in [0.05, 0.1) is 11.9 Å². The molecule has 0 amide bonds. The summed E-state index contributed by atoms with van der Waals surface area (Å²) in [5.41, 5.74) is 1.03. The van der Waals surface area contributed by atoms with Crippen molar-refractivity contribution in [2.24, 2.45) is 13.0 Å². The topological polar surface area (TPSA) is 70.4 Å². The van der Waals surface area contributed by atoms with Crippen molar-refractivity contribution in [2.75, 3.05) is 26.7 Å². The second-order valence-electron chi connectivity index (χ2n) is 5.31. The molecule has 1 fully saturated rings. The van der Waals surface area contributed by atoms with Crippen LogP contribution in [0.4, 0.5) is 0 Å². The van der Waals surface area contributed by atoms with Crippen LogP contribution >= 0.6 is 0 Å². The summed E-state index contributed by atoms with van der Waals surface area (Å²) < 4.78 is 1.63. The van der Waals surface area contributed by atoms with E-state index in [0.29, 0.717) is 18.0 Å². The fourth-order valence-corrected chi connectivity index (χ4v) is 2.51. The first kappa shape index (κ1) is 14.0. The normalized spacial score (nSPS) is 17.8. The van der Waals surface area contributed by atoms with Crippen molar-refractivity contribution < 1.29 is 9.90 Å². The lowest BCUT2D eigenvalue weighted by Gasteiger charge is -2.29. The molecule has 0 bridgehead atoms. The molecule has 2 N–H and O–H groups in total. The number of carboxylic acid groups (broad SMARTS) is 1. The second-order valence-corrected chi connectivity index (χ2v) is 5.31. The molecule has 2 heterocycles. The average Bonchev–Trinajstić information content (AvgIpc) is 2.74. The fraction of sp³-hybridized carbons (Fsp3) is 0.692. The van der Waals surface area contributed by atoms with Gasteiger partial charge in [0.2, 0.25) is 0 Å². The lowest BCUT2D eigenvalue weighted by molar-refractivity contribution is 0.0695. The Kier molecular flexibility index (Phi) is 4.55. The summed E-state index contributed by atoms with van der Waals surface area (Å²) in [6.45, 7) is 3.80. The van der Waals surface area contributed by atoms with Crippen LogP contribution in [0.1, 0.15) is 28.9 Å². The van der Waals surface area contributed by atoms with Crippen LogP contribution in [-0.2, 0) is 13.6 Å². The van der Waals surface area contributed by atoms with E-state index in [-0.39, 0.29) is 0 Å². The Morgan fingerprint density at radius 3 is 2.79 bits per heavy atom. The molecule has 0 radical (unpaired) electrons.